The van der Waals surface area contributed by atoms with Crippen LogP contribution in [-0.4, -0.2) is 35.5 Å². The van der Waals surface area contributed by atoms with Crippen molar-refractivity contribution in [3.05, 3.63) is 52.3 Å². The van der Waals surface area contributed by atoms with Gasteiger partial charge in [-0.25, -0.2) is 0 Å². The summed E-state index contributed by atoms with van der Waals surface area (Å²) in [7, 11) is 0. The van der Waals surface area contributed by atoms with E-state index in [-0.39, 0.29) is 11.8 Å². The van der Waals surface area contributed by atoms with Gasteiger partial charge in [-0.3, -0.25) is 15.5 Å². The summed E-state index contributed by atoms with van der Waals surface area (Å²) in [6.45, 7) is 1.46. The monoisotopic (exact) mass is 374 g/mol. The molecule has 8 nitrogen and oxygen atoms in total. The van der Waals surface area contributed by atoms with Crippen molar-refractivity contribution < 1.29 is 14.1 Å². The van der Waals surface area contributed by atoms with Gasteiger partial charge in [0.2, 0.25) is 0 Å². The lowest BCUT2D eigenvalue weighted by atomic mass is 10.1. The molecule has 1 saturated heterocycles. The van der Waals surface area contributed by atoms with Crippen LogP contribution in [0, 0.1) is 10.1 Å². The van der Waals surface area contributed by atoms with Gasteiger partial charge in [-0.1, -0.05) is 0 Å². The summed E-state index contributed by atoms with van der Waals surface area (Å²) in [5.74, 6) is 1.13. The lowest BCUT2D eigenvalue weighted by molar-refractivity contribution is -0.384. The second kappa shape index (κ2) is 8.54. The average molecular weight is 374 g/mol. The van der Waals surface area contributed by atoms with Crippen LogP contribution in [0.25, 0.3) is 11.3 Å². The topological polar surface area (TPSA) is 102 Å². The largest absolute Gasteiger partial charge is 0.455 e. The van der Waals surface area contributed by atoms with Crippen LogP contribution in [0.1, 0.15) is 18.6 Å². The van der Waals surface area contributed by atoms with Crippen LogP contribution in [0.4, 0.5) is 5.69 Å². The van der Waals surface area contributed by atoms with Crippen molar-refractivity contribution in [3.63, 3.8) is 0 Å². The van der Waals surface area contributed by atoms with Crippen LogP contribution in [0.2, 0.25) is 0 Å². The Labute approximate surface area is 155 Å². The number of rotatable bonds is 6. The predicted octanol–water partition coefficient (Wildman–Crippen LogP) is 2.83. The lowest BCUT2D eigenvalue weighted by Crippen LogP contribution is -2.37. The molecular weight excluding hydrogens is 356 g/mol. The first kappa shape index (κ1) is 18.0. The SMILES string of the molecule is O=[N+]([O-])c1ccc(-c2ccc(/C=N\NC(=S)NC[C@H]3CCCO3)o2)cc1. The lowest BCUT2D eigenvalue weighted by Gasteiger charge is -2.11. The van der Waals surface area contributed by atoms with Gasteiger partial charge in [0.25, 0.3) is 5.69 Å². The van der Waals surface area contributed by atoms with Gasteiger partial charge in [0, 0.05) is 30.8 Å². The van der Waals surface area contributed by atoms with Crippen molar-refractivity contribution in [2.75, 3.05) is 13.2 Å². The van der Waals surface area contributed by atoms with Crippen molar-refractivity contribution >= 4 is 29.2 Å². The zero-order valence-corrected chi connectivity index (χ0v) is 14.7. The number of nitrogens with one attached hydrogen (secondary N) is 2. The highest BCUT2D eigenvalue weighted by molar-refractivity contribution is 7.80. The predicted molar refractivity (Wildman–Crippen MR) is 101 cm³/mol. The van der Waals surface area contributed by atoms with E-state index in [0.29, 0.717) is 23.2 Å². The van der Waals surface area contributed by atoms with Crippen molar-refractivity contribution in [1.82, 2.24) is 10.7 Å². The summed E-state index contributed by atoms with van der Waals surface area (Å²) >= 11 is 5.14. The maximum Gasteiger partial charge on any atom is 0.269 e. The highest BCUT2D eigenvalue weighted by Gasteiger charge is 2.15. The van der Waals surface area contributed by atoms with Gasteiger partial charge in [0.15, 0.2) is 5.11 Å². The molecule has 0 amide bonds. The summed E-state index contributed by atoms with van der Waals surface area (Å²) < 4.78 is 11.2. The number of benzene rings is 1. The zero-order valence-electron chi connectivity index (χ0n) is 13.9. The highest BCUT2D eigenvalue weighted by Crippen LogP contribution is 2.23. The smallest absolute Gasteiger partial charge is 0.269 e. The van der Waals surface area contributed by atoms with Crippen molar-refractivity contribution in [2.24, 2.45) is 5.10 Å². The number of ether oxygens (including phenoxy) is 1. The van der Waals surface area contributed by atoms with E-state index >= 15 is 0 Å². The summed E-state index contributed by atoms with van der Waals surface area (Å²) in [4.78, 5) is 10.2. The quantitative estimate of drug-likeness (QED) is 0.347. The number of nitro benzene ring substituents is 1. The molecule has 136 valence electrons. The van der Waals surface area contributed by atoms with Crippen LogP contribution in [-0.2, 0) is 4.74 Å². The van der Waals surface area contributed by atoms with Crippen LogP contribution in [0.3, 0.4) is 0 Å². The second-order valence-corrected chi connectivity index (χ2v) is 6.13. The Bertz CT molecular complexity index is 797. The van der Waals surface area contributed by atoms with Gasteiger partial charge in [-0.2, -0.15) is 5.10 Å². The van der Waals surface area contributed by atoms with E-state index in [1.165, 1.54) is 18.3 Å². The fraction of sp³-hybridized carbons (Fsp3) is 0.294. The Morgan fingerprint density at radius 3 is 2.85 bits per heavy atom. The van der Waals surface area contributed by atoms with Crippen LogP contribution in [0.5, 0.6) is 0 Å². The van der Waals surface area contributed by atoms with Gasteiger partial charge >= 0.3 is 0 Å². The van der Waals surface area contributed by atoms with Gasteiger partial charge in [0.05, 0.1) is 17.2 Å². The minimum Gasteiger partial charge on any atom is -0.455 e. The minimum atomic E-state index is -0.439. The van der Waals surface area contributed by atoms with Crippen molar-refractivity contribution in [2.45, 2.75) is 18.9 Å². The van der Waals surface area contributed by atoms with Gasteiger partial charge in [-0.05, 0) is 49.3 Å². The number of hydrogen-bond acceptors (Lipinski definition) is 6. The molecule has 3 rings (SSSR count). The van der Waals surface area contributed by atoms with E-state index in [1.54, 1.807) is 24.3 Å². The Morgan fingerprint density at radius 2 is 2.15 bits per heavy atom. The Hall–Kier alpha value is -2.78. The molecular formula is C17H18N4O4S. The molecule has 1 aromatic heterocycles. The Kier molecular flexibility index (Phi) is 5.92. The molecule has 1 atom stereocenters. The van der Waals surface area contributed by atoms with Crippen molar-refractivity contribution in [1.29, 1.82) is 0 Å². The van der Waals surface area contributed by atoms with E-state index in [0.717, 1.165) is 25.0 Å². The van der Waals surface area contributed by atoms with Crippen LogP contribution in [0.15, 0.2) is 45.9 Å². The molecule has 2 heterocycles. The molecule has 0 bridgehead atoms. The van der Waals surface area contributed by atoms with E-state index in [9.17, 15) is 10.1 Å². The molecule has 0 aliphatic carbocycles. The van der Waals surface area contributed by atoms with E-state index in [2.05, 4.69) is 15.8 Å². The molecule has 0 radical (unpaired) electrons. The summed E-state index contributed by atoms with van der Waals surface area (Å²) in [5.41, 5.74) is 3.51. The first-order valence-corrected chi connectivity index (χ1v) is 8.56. The first-order valence-electron chi connectivity index (χ1n) is 8.15. The number of hydrazone groups is 1. The third kappa shape index (κ3) is 4.87. The molecule has 9 heteroatoms. The molecule has 2 N–H and O–H groups in total. The first-order chi connectivity index (χ1) is 12.6. The molecule has 2 aromatic rings. The molecule has 0 spiro atoms. The Morgan fingerprint density at radius 1 is 1.35 bits per heavy atom. The second-order valence-electron chi connectivity index (χ2n) is 5.72. The number of nitrogens with zero attached hydrogens (tertiary/aromatic N) is 2. The fourth-order valence-corrected chi connectivity index (χ4v) is 2.67. The molecule has 26 heavy (non-hydrogen) atoms. The summed E-state index contributed by atoms with van der Waals surface area (Å²) in [6, 6.07) is 9.68. The normalized spacial score (nSPS) is 16.7. The molecule has 1 fully saturated rings. The fourth-order valence-electron chi connectivity index (χ4n) is 2.53. The average Bonchev–Trinajstić information content (AvgIpc) is 3.32. The van der Waals surface area contributed by atoms with Gasteiger partial charge in [-0.15, -0.1) is 0 Å². The maximum absolute atomic E-state index is 10.7. The van der Waals surface area contributed by atoms with Gasteiger partial charge in [0.1, 0.15) is 11.5 Å². The maximum atomic E-state index is 10.7. The molecule has 1 aliphatic rings. The van der Waals surface area contributed by atoms with E-state index in [1.807, 2.05) is 0 Å². The summed E-state index contributed by atoms with van der Waals surface area (Å²) in [6.07, 6.45) is 3.83. The van der Waals surface area contributed by atoms with Crippen molar-refractivity contribution in [3.8, 4) is 11.3 Å². The highest BCUT2D eigenvalue weighted by atomic mass is 32.1. The number of non-ortho nitro benzene ring substituents is 1. The molecule has 0 unspecified atom stereocenters. The minimum absolute atomic E-state index is 0.0373. The number of hydrogen-bond donors (Lipinski definition) is 2. The third-order valence-electron chi connectivity index (χ3n) is 3.86. The van der Waals surface area contributed by atoms with Gasteiger partial charge < -0.3 is 14.5 Å². The third-order valence-corrected chi connectivity index (χ3v) is 4.10. The van der Waals surface area contributed by atoms with Crippen LogP contribution < -0.4 is 10.7 Å². The molecule has 1 aliphatic heterocycles. The standard InChI is InChI=1S/C17H18N4O4S/c22-21(23)13-5-3-12(4-6-13)16-8-7-15(25-16)11-19-20-17(26)18-10-14-2-1-9-24-14/h3-8,11,14H,1-2,9-10H2,(H2,18,20,26)/b19-11-/t14-/m1/s1. The molecule has 0 saturated carbocycles. The number of thiocarbonyl (C=S) groups is 1. The molecule has 1 aromatic carbocycles. The Balaban J connectivity index is 1.50. The van der Waals surface area contributed by atoms with E-state index in [4.69, 9.17) is 21.4 Å². The zero-order chi connectivity index (χ0) is 18.4. The summed E-state index contributed by atoms with van der Waals surface area (Å²) in [5, 5.41) is 18.2. The van der Waals surface area contributed by atoms with Crippen LogP contribution >= 0.6 is 12.2 Å². The van der Waals surface area contributed by atoms with E-state index < -0.39 is 4.92 Å². The number of furan rings is 1. The number of nitro groups is 1.